The number of anilines is 1. The molecule has 0 spiro atoms. The molecule has 6 nitrogen and oxygen atoms in total. The molecular formula is C6H6N5O. The number of aromatic nitrogens is 2. The second-order valence-electron chi connectivity index (χ2n) is 2.38. The van der Waals surface area contributed by atoms with Gasteiger partial charge in [0, 0.05) is 7.05 Å². The molecule has 0 unspecified atom stereocenters. The van der Waals surface area contributed by atoms with Crippen molar-refractivity contribution in [2.75, 3.05) is 5.73 Å². The van der Waals surface area contributed by atoms with Crippen molar-refractivity contribution in [1.82, 2.24) is 14.9 Å². The molecule has 0 atom stereocenters. The summed E-state index contributed by atoms with van der Waals surface area (Å²) in [5.74, 6) is 0.448. The number of nitrogens with two attached hydrogens (primary N) is 1. The van der Waals surface area contributed by atoms with E-state index in [0.717, 1.165) is 0 Å². The van der Waals surface area contributed by atoms with Crippen molar-refractivity contribution in [1.29, 1.82) is 0 Å². The molecule has 12 heavy (non-hydrogen) atoms. The topological polar surface area (TPSA) is 87.4 Å². The monoisotopic (exact) mass is 164 g/mol. The standard InChI is InChI=1S/C6H6N5O/c1-11-5(12)3-4(9-2-8-3)10-6(11)7/h2H,1H3,(H2,7,10). The predicted molar refractivity (Wildman–Crippen MR) is 43.8 cm³/mol. The Kier molecular flexibility index (Phi) is 1.18. The van der Waals surface area contributed by atoms with E-state index in [4.69, 9.17) is 5.73 Å². The lowest BCUT2D eigenvalue weighted by atomic mass is 10.5. The van der Waals surface area contributed by atoms with Gasteiger partial charge in [0.05, 0.1) is 0 Å². The minimum absolute atomic E-state index is 0.146. The summed E-state index contributed by atoms with van der Waals surface area (Å²) in [5.41, 5.74) is 5.42. The van der Waals surface area contributed by atoms with Crippen molar-refractivity contribution < 1.29 is 0 Å². The first kappa shape index (κ1) is 6.84. The molecule has 2 N–H and O–H groups in total. The van der Waals surface area contributed by atoms with Gasteiger partial charge in [-0.15, -0.1) is 0 Å². The van der Waals surface area contributed by atoms with Crippen molar-refractivity contribution in [2.24, 2.45) is 12.0 Å². The fraction of sp³-hybridized carbons (Fsp3) is 0.167. The van der Waals surface area contributed by atoms with E-state index in [1.54, 1.807) is 7.05 Å². The molecule has 0 amide bonds. The molecule has 0 aromatic carbocycles. The van der Waals surface area contributed by atoms with E-state index in [0.29, 0.717) is 5.82 Å². The van der Waals surface area contributed by atoms with Crippen LogP contribution in [-0.2, 0) is 7.05 Å². The van der Waals surface area contributed by atoms with Crippen LogP contribution in [0.25, 0.3) is 0 Å². The summed E-state index contributed by atoms with van der Waals surface area (Å²) in [6.07, 6.45) is 1.29. The summed E-state index contributed by atoms with van der Waals surface area (Å²) in [6.45, 7) is 0. The summed E-state index contributed by atoms with van der Waals surface area (Å²) in [4.78, 5) is 19.0. The first-order chi connectivity index (χ1) is 5.70. The van der Waals surface area contributed by atoms with Gasteiger partial charge in [-0.3, -0.25) is 9.36 Å². The van der Waals surface area contributed by atoms with Crippen molar-refractivity contribution in [3.8, 4) is 0 Å². The molecule has 1 aromatic rings. The number of fused-ring (bicyclic) bond motifs is 1. The molecule has 1 radical (unpaired) electrons. The van der Waals surface area contributed by atoms with Crippen LogP contribution in [0, 0.1) is 0 Å². The highest BCUT2D eigenvalue weighted by Crippen LogP contribution is 2.21. The quantitative estimate of drug-likeness (QED) is 0.548. The van der Waals surface area contributed by atoms with E-state index in [-0.39, 0.29) is 17.2 Å². The molecule has 0 aliphatic carbocycles. The smallest absolute Gasteiger partial charge is 0.282 e. The number of hydrogen-bond donors (Lipinski definition) is 1. The highest BCUT2D eigenvalue weighted by molar-refractivity contribution is 5.79. The average molecular weight is 164 g/mol. The third kappa shape index (κ3) is 0.714. The molecular weight excluding hydrogens is 158 g/mol. The van der Waals surface area contributed by atoms with E-state index in [1.165, 1.54) is 10.9 Å². The summed E-state index contributed by atoms with van der Waals surface area (Å²) in [6, 6.07) is 0. The van der Waals surface area contributed by atoms with Gasteiger partial charge in [-0.25, -0.2) is 10.3 Å². The highest BCUT2D eigenvalue weighted by Gasteiger charge is 2.16. The van der Waals surface area contributed by atoms with Gasteiger partial charge in [0.2, 0.25) is 5.95 Å². The van der Waals surface area contributed by atoms with Crippen LogP contribution >= 0.6 is 0 Å². The van der Waals surface area contributed by atoms with Gasteiger partial charge in [-0.1, -0.05) is 0 Å². The normalized spacial score (nSPS) is 12.8. The molecule has 1 aliphatic heterocycles. The number of nitrogens with zero attached hydrogens (tertiary/aromatic N) is 4. The molecule has 2 rings (SSSR count). The zero-order valence-corrected chi connectivity index (χ0v) is 6.35. The van der Waals surface area contributed by atoms with Crippen LogP contribution in [0.3, 0.4) is 0 Å². The predicted octanol–water partition coefficient (Wildman–Crippen LogP) is -0.728. The van der Waals surface area contributed by atoms with Crippen LogP contribution in [0.4, 0.5) is 17.5 Å². The highest BCUT2D eigenvalue weighted by atomic mass is 16.1. The molecule has 6 heteroatoms. The van der Waals surface area contributed by atoms with E-state index in [9.17, 15) is 4.79 Å². The number of hydrogen-bond acceptors (Lipinski definition) is 4. The Hall–Kier alpha value is -1.85. The van der Waals surface area contributed by atoms with Crippen LogP contribution in [0.15, 0.2) is 9.79 Å². The summed E-state index contributed by atoms with van der Waals surface area (Å²) < 4.78 is 1.23. The minimum Gasteiger partial charge on any atom is -0.369 e. The lowest BCUT2D eigenvalue weighted by Gasteiger charge is -2.02. The summed E-state index contributed by atoms with van der Waals surface area (Å²) in [7, 11) is 1.54. The van der Waals surface area contributed by atoms with Gasteiger partial charge < -0.3 is 5.73 Å². The third-order valence-electron chi connectivity index (χ3n) is 1.65. The Morgan fingerprint density at radius 1 is 1.58 bits per heavy atom. The number of nitrogen functional groups attached to an aromatic ring is 1. The van der Waals surface area contributed by atoms with Crippen LogP contribution in [0.2, 0.25) is 0 Å². The van der Waals surface area contributed by atoms with Crippen LogP contribution in [0.5, 0.6) is 0 Å². The lowest BCUT2D eigenvalue weighted by molar-refractivity contribution is 0.843. The maximum atomic E-state index is 11.4. The zero-order valence-electron chi connectivity index (χ0n) is 6.35. The second-order valence-corrected chi connectivity index (χ2v) is 2.38. The summed E-state index contributed by atoms with van der Waals surface area (Å²) >= 11 is 0. The SMILES string of the molecule is Cn1c(N)nc2c(c1=O)N=C[N]2. The Morgan fingerprint density at radius 2 is 2.33 bits per heavy atom. The largest absolute Gasteiger partial charge is 0.369 e. The van der Waals surface area contributed by atoms with Gasteiger partial charge in [0.25, 0.3) is 5.56 Å². The fourth-order valence-electron chi connectivity index (χ4n) is 0.939. The number of aliphatic imine (C=N–C) groups is 1. The molecule has 0 saturated carbocycles. The molecule has 0 fully saturated rings. The molecule has 0 saturated heterocycles. The van der Waals surface area contributed by atoms with Crippen LogP contribution in [-0.4, -0.2) is 15.9 Å². The second kappa shape index (κ2) is 2.07. The Bertz CT molecular complexity index is 419. The maximum Gasteiger partial charge on any atom is 0.282 e. The lowest BCUT2D eigenvalue weighted by Crippen LogP contribution is -2.20. The van der Waals surface area contributed by atoms with Gasteiger partial charge in [0.1, 0.15) is 6.34 Å². The first-order valence-electron chi connectivity index (χ1n) is 3.30. The van der Waals surface area contributed by atoms with E-state index < -0.39 is 0 Å². The average Bonchev–Trinajstić information content (AvgIpc) is 2.48. The van der Waals surface area contributed by atoms with Crippen molar-refractivity contribution in [3.05, 3.63) is 10.4 Å². The Morgan fingerprint density at radius 3 is 3.08 bits per heavy atom. The van der Waals surface area contributed by atoms with Gasteiger partial charge in [0.15, 0.2) is 11.5 Å². The molecule has 61 valence electrons. The third-order valence-corrected chi connectivity index (χ3v) is 1.65. The van der Waals surface area contributed by atoms with Gasteiger partial charge in [-0.2, -0.15) is 4.98 Å². The van der Waals surface area contributed by atoms with Crippen LogP contribution < -0.4 is 16.6 Å². The first-order valence-corrected chi connectivity index (χ1v) is 3.30. The maximum absolute atomic E-state index is 11.4. The van der Waals surface area contributed by atoms with Gasteiger partial charge >= 0.3 is 0 Å². The molecule has 0 bridgehead atoms. The van der Waals surface area contributed by atoms with Gasteiger partial charge in [-0.05, 0) is 0 Å². The van der Waals surface area contributed by atoms with Crippen molar-refractivity contribution in [2.45, 2.75) is 0 Å². The molecule has 1 aliphatic rings. The molecule has 1 aromatic heterocycles. The number of rotatable bonds is 0. The molecule has 2 heterocycles. The van der Waals surface area contributed by atoms with E-state index in [2.05, 4.69) is 15.3 Å². The van der Waals surface area contributed by atoms with Crippen LogP contribution in [0.1, 0.15) is 0 Å². The Labute approximate surface area is 67.8 Å². The zero-order chi connectivity index (χ0) is 8.72. The van der Waals surface area contributed by atoms with Crippen molar-refractivity contribution >= 4 is 23.8 Å². The summed E-state index contributed by atoms with van der Waals surface area (Å²) in [5, 5.41) is 3.77. The fourth-order valence-corrected chi connectivity index (χ4v) is 0.939. The minimum atomic E-state index is -0.269. The van der Waals surface area contributed by atoms with E-state index >= 15 is 0 Å². The van der Waals surface area contributed by atoms with Crippen molar-refractivity contribution in [3.63, 3.8) is 0 Å². The van der Waals surface area contributed by atoms with E-state index in [1.807, 2.05) is 0 Å². The Balaban J connectivity index is 2.83.